The summed E-state index contributed by atoms with van der Waals surface area (Å²) in [5, 5.41) is 7.63. The molecule has 0 saturated carbocycles. The zero-order valence-corrected chi connectivity index (χ0v) is 31.6. The molecule has 11 rings (SSSR count). The molecule has 9 aromatic carbocycles. The number of rotatable bonds is 5. The molecule has 0 bridgehead atoms. The molecule has 0 amide bonds. The fourth-order valence-electron chi connectivity index (χ4n) is 9.13. The second kappa shape index (κ2) is 12.3. The van der Waals surface area contributed by atoms with Crippen LogP contribution in [0.4, 0.5) is 17.1 Å². The lowest BCUT2D eigenvalue weighted by Crippen LogP contribution is -2.16. The number of anilines is 3. The zero-order chi connectivity index (χ0) is 36.7. The van der Waals surface area contributed by atoms with Crippen molar-refractivity contribution in [2.24, 2.45) is 0 Å². The summed E-state index contributed by atoms with van der Waals surface area (Å²) in [6, 6.07) is 69.7. The Labute approximate surface area is 325 Å². The minimum Gasteiger partial charge on any atom is -0.310 e. The third kappa shape index (κ3) is 4.99. The number of thiophene rings is 1. The van der Waals surface area contributed by atoms with Crippen molar-refractivity contribution >= 4 is 70.1 Å². The summed E-state index contributed by atoms with van der Waals surface area (Å²) >= 11 is 1.88. The highest BCUT2D eigenvalue weighted by molar-refractivity contribution is 7.25. The largest absolute Gasteiger partial charge is 0.310 e. The van der Waals surface area contributed by atoms with Crippen LogP contribution in [0, 0.1) is 0 Å². The highest BCUT2D eigenvalue weighted by atomic mass is 32.1. The van der Waals surface area contributed by atoms with E-state index >= 15 is 0 Å². The van der Waals surface area contributed by atoms with Crippen LogP contribution in [0.3, 0.4) is 0 Å². The summed E-state index contributed by atoms with van der Waals surface area (Å²) in [5.41, 5.74) is 13.7. The number of hydrogen-bond acceptors (Lipinski definition) is 2. The zero-order valence-electron chi connectivity index (χ0n) is 30.8. The van der Waals surface area contributed by atoms with Crippen molar-refractivity contribution in [1.29, 1.82) is 0 Å². The van der Waals surface area contributed by atoms with Crippen LogP contribution in [0.5, 0.6) is 0 Å². The molecule has 2 heteroatoms. The van der Waals surface area contributed by atoms with E-state index < -0.39 is 0 Å². The second-order valence-electron chi connectivity index (χ2n) is 15.3. The van der Waals surface area contributed by atoms with Crippen molar-refractivity contribution in [3.63, 3.8) is 0 Å². The van der Waals surface area contributed by atoms with Gasteiger partial charge in [-0.25, -0.2) is 0 Å². The molecule has 1 aliphatic carbocycles. The van der Waals surface area contributed by atoms with E-state index in [1.807, 2.05) is 11.3 Å². The van der Waals surface area contributed by atoms with E-state index in [2.05, 4.69) is 207 Å². The molecule has 0 radical (unpaired) electrons. The minimum absolute atomic E-state index is 0.109. The molecule has 1 aromatic heterocycles. The topological polar surface area (TPSA) is 3.24 Å². The Morgan fingerprint density at radius 1 is 0.382 bits per heavy atom. The third-order valence-electron chi connectivity index (χ3n) is 11.9. The van der Waals surface area contributed by atoms with Gasteiger partial charge in [0.15, 0.2) is 0 Å². The van der Waals surface area contributed by atoms with E-state index in [0.29, 0.717) is 0 Å². The van der Waals surface area contributed by atoms with Crippen molar-refractivity contribution in [1.82, 2.24) is 0 Å². The van der Waals surface area contributed by atoms with Crippen molar-refractivity contribution < 1.29 is 0 Å². The summed E-state index contributed by atoms with van der Waals surface area (Å²) in [4.78, 5) is 2.48. The van der Waals surface area contributed by atoms with Crippen molar-refractivity contribution in [2.45, 2.75) is 19.3 Å². The van der Waals surface area contributed by atoms with Crippen molar-refractivity contribution in [2.75, 3.05) is 4.90 Å². The highest BCUT2D eigenvalue weighted by Gasteiger charge is 2.36. The molecule has 0 atom stereocenters. The van der Waals surface area contributed by atoms with Crippen molar-refractivity contribution in [3.8, 4) is 33.4 Å². The van der Waals surface area contributed by atoms with Crippen LogP contribution in [0.25, 0.3) is 75.1 Å². The normalized spacial score (nSPS) is 13.1. The van der Waals surface area contributed by atoms with Crippen molar-refractivity contribution in [3.05, 3.63) is 199 Å². The Morgan fingerprint density at radius 2 is 1.00 bits per heavy atom. The van der Waals surface area contributed by atoms with Crippen LogP contribution < -0.4 is 4.90 Å². The Bertz CT molecular complexity index is 3110. The highest BCUT2D eigenvalue weighted by Crippen LogP contribution is 2.51. The monoisotopic (exact) mass is 719 g/mol. The SMILES string of the molecule is CC1(C)c2ccccc2-c2ccc(N(c3ccc(-c4cc5sc6ccccc6c5cc4-c4ccccc4)cc3)c3cc4ccccc4c4ccccc34)cc21. The van der Waals surface area contributed by atoms with Gasteiger partial charge in [-0.05, 0) is 109 Å². The maximum Gasteiger partial charge on any atom is 0.0546 e. The van der Waals surface area contributed by atoms with Crippen LogP contribution >= 0.6 is 11.3 Å². The van der Waals surface area contributed by atoms with Gasteiger partial charge in [0.1, 0.15) is 0 Å². The molecule has 0 spiro atoms. The number of benzene rings is 9. The second-order valence-corrected chi connectivity index (χ2v) is 16.4. The molecular formula is C53H37NS. The Morgan fingerprint density at radius 3 is 1.84 bits per heavy atom. The Kier molecular flexibility index (Phi) is 7.14. The predicted molar refractivity (Wildman–Crippen MR) is 237 cm³/mol. The molecule has 0 N–H and O–H groups in total. The Hall–Kier alpha value is -6.48. The fourth-order valence-corrected chi connectivity index (χ4v) is 10.3. The van der Waals surface area contributed by atoms with E-state index in [9.17, 15) is 0 Å². The summed E-state index contributed by atoms with van der Waals surface area (Å²) in [6.07, 6.45) is 0. The van der Waals surface area contributed by atoms with Gasteiger partial charge >= 0.3 is 0 Å². The van der Waals surface area contributed by atoms with Gasteiger partial charge in [-0.15, -0.1) is 11.3 Å². The number of nitrogens with zero attached hydrogens (tertiary/aromatic N) is 1. The molecule has 0 saturated heterocycles. The average molecular weight is 720 g/mol. The quantitative estimate of drug-likeness (QED) is 0.160. The first-order valence-corrected chi connectivity index (χ1v) is 19.9. The third-order valence-corrected chi connectivity index (χ3v) is 13.0. The molecule has 0 aliphatic heterocycles. The standard InChI is InChI=1S/C53H37NS/c1-53(2)48-22-12-10-19-41(48)42-29-28-38(31-49(42)53)54(50-30-36-16-6-7-17-39(36)40-18-8-9-20-43(40)50)37-26-24-35(25-27-37)46-33-52-47(44-21-11-13-23-51(44)55-52)32-45(46)34-14-4-3-5-15-34/h3-33H,1-2H3. The minimum atomic E-state index is -0.109. The maximum atomic E-state index is 2.48. The maximum absolute atomic E-state index is 2.48. The summed E-state index contributed by atoms with van der Waals surface area (Å²) < 4.78 is 2.63. The van der Waals surface area contributed by atoms with Gasteiger partial charge in [0, 0.05) is 42.3 Å². The Balaban J connectivity index is 1.12. The number of hydrogen-bond donors (Lipinski definition) is 0. The van der Waals surface area contributed by atoms with Crippen LogP contribution in [-0.2, 0) is 5.41 Å². The first-order valence-electron chi connectivity index (χ1n) is 19.1. The summed E-state index contributed by atoms with van der Waals surface area (Å²) in [7, 11) is 0. The average Bonchev–Trinajstić information content (AvgIpc) is 3.72. The van der Waals surface area contributed by atoms with E-state index in [0.717, 1.165) is 11.4 Å². The van der Waals surface area contributed by atoms with Gasteiger partial charge in [0.2, 0.25) is 0 Å². The van der Waals surface area contributed by atoms with Gasteiger partial charge in [0.05, 0.1) is 5.69 Å². The predicted octanol–water partition coefficient (Wildman–Crippen LogP) is 15.5. The fraction of sp³-hybridized carbons (Fsp3) is 0.0566. The van der Waals surface area contributed by atoms with Crippen LogP contribution in [-0.4, -0.2) is 0 Å². The van der Waals surface area contributed by atoms with Gasteiger partial charge in [-0.1, -0.05) is 153 Å². The molecule has 55 heavy (non-hydrogen) atoms. The first-order chi connectivity index (χ1) is 27.0. The van der Waals surface area contributed by atoms with Gasteiger partial charge in [0.25, 0.3) is 0 Å². The molecule has 0 unspecified atom stereocenters. The lowest BCUT2D eigenvalue weighted by Gasteiger charge is -2.29. The van der Waals surface area contributed by atoms with Crippen LogP contribution in [0.2, 0.25) is 0 Å². The van der Waals surface area contributed by atoms with Gasteiger partial charge < -0.3 is 4.90 Å². The van der Waals surface area contributed by atoms with Crippen LogP contribution in [0.15, 0.2) is 188 Å². The lowest BCUT2D eigenvalue weighted by molar-refractivity contribution is 0.660. The molecule has 0 fully saturated rings. The molecule has 1 heterocycles. The molecule has 10 aromatic rings. The van der Waals surface area contributed by atoms with Gasteiger partial charge in [-0.3, -0.25) is 0 Å². The van der Waals surface area contributed by atoms with E-state index in [1.54, 1.807) is 0 Å². The summed E-state index contributed by atoms with van der Waals surface area (Å²) in [6.45, 7) is 4.73. The smallest absolute Gasteiger partial charge is 0.0546 e. The molecule has 260 valence electrons. The first kappa shape index (κ1) is 32.0. The van der Waals surface area contributed by atoms with Gasteiger partial charge in [-0.2, -0.15) is 0 Å². The van der Waals surface area contributed by atoms with Crippen LogP contribution in [0.1, 0.15) is 25.0 Å². The molecular weight excluding hydrogens is 683 g/mol. The molecule has 1 aliphatic rings. The lowest BCUT2D eigenvalue weighted by atomic mass is 9.82. The number of fused-ring (bicyclic) bond motifs is 9. The van der Waals surface area contributed by atoms with E-state index in [-0.39, 0.29) is 5.41 Å². The van der Waals surface area contributed by atoms with E-state index in [4.69, 9.17) is 0 Å². The van der Waals surface area contributed by atoms with E-state index in [1.165, 1.54) is 91.9 Å². The molecule has 1 nitrogen and oxygen atoms in total. The summed E-state index contributed by atoms with van der Waals surface area (Å²) in [5.74, 6) is 0.